The molecule has 0 unspecified atom stereocenters. The average Bonchev–Trinajstić information content (AvgIpc) is 2.32. The highest BCUT2D eigenvalue weighted by Gasteiger charge is 2.19. The predicted octanol–water partition coefficient (Wildman–Crippen LogP) is 3.19. The Labute approximate surface area is 124 Å². The van der Waals surface area contributed by atoms with Crippen LogP contribution in [-0.2, 0) is 6.54 Å². The second-order valence-corrected chi connectivity index (χ2v) is 6.63. The second-order valence-electron chi connectivity index (χ2n) is 4.86. The number of rotatable bonds is 3. The van der Waals surface area contributed by atoms with E-state index in [1.165, 1.54) is 0 Å². The van der Waals surface area contributed by atoms with Crippen LogP contribution >= 0.6 is 31.9 Å². The summed E-state index contributed by atoms with van der Waals surface area (Å²) < 4.78 is 1.93. The zero-order valence-electron chi connectivity index (χ0n) is 10.1. The van der Waals surface area contributed by atoms with Gasteiger partial charge in [-0.05, 0) is 59.3 Å². The Morgan fingerprint density at radius 1 is 1.33 bits per heavy atom. The Bertz CT molecular complexity index is 426. The molecule has 4 N–H and O–H groups in total. The number of benzene rings is 1. The largest absolute Gasteiger partial charge is 0.398 e. The Morgan fingerprint density at radius 2 is 2.11 bits per heavy atom. The quantitative estimate of drug-likeness (QED) is 0.709. The molecule has 1 aromatic carbocycles. The third-order valence-electron chi connectivity index (χ3n) is 3.41. The van der Waals surface area contributed by atoms with Crippen LogP contribution in [0.4, 0.5) is 5.69 Å². The number of anilines is 1. The SMILES string of the molecule is Nc1c(Br)cc(Br)cc1CN[C@@H]1CCC[C@H](O)C1. The molecule has 2 atom stereocenters. The fourth-order valence-corrected chi connectivity index (χ4v) is 3.70. The Morgan fingerprint density at radius 3 is 2.83 bits per heavy atom. The lowest BCUT2D eigenvalue weighted by atomic mass is 9.93. The van der Waals surface area contributed by atoms with E-state index in [4.69, 9.17) is 5.73 Å². The predicted molar refractivity (Wildman–Crippen MR) is 81.4 cm³/mol. The van der Waals surface area contributed by atoms with E-state index in [9.17, 15) is 5.11 Å². The third kappa shape index (κ3) is 3.70. The number of nitrogens with one attached hydrogen (secondary N) is 1. The molecule has 0 bridgehead atoms. The molecule has 2 rings (SSSR count). The van der Waals surface area contributed by atoms with Crippen molar-refractivity contribution in [3.05, 3.63) is 26.6 Å². The molecular weight excluding hydrogens is 360 g/mol. The summed E-state index contributed by atoms with van der Waals surface area (Å²) in [7, 11) is 0. The Balaban J connectivity index is 1.97. The Hall–Kier alpha value is -0.100. The van der Waals surface area contributed by atoms with E-state index < -0.39 is 0 Å². The van der Waals surface area contributed by atoms with Gasteiger partial charge in [0.05, 0.1) is 11.8 Å². The van der Waals surface area contributed by atoms with Crippen LogP contribution < -0.4 is 11.1 Å². The van der Waals surface area contributed by atoms with Gasteiger partial charge >= 0.3 is 0 Å². The van der Waals surface area contributed by atoms with Gasteiger partial charge in [-0.15, -0.1) is 0 Å². The van der Waals surface area contributed by atoms with Gasteiger partial charge in [-0.3, -0.25) is 0 Å². The van der Waals surface area contributed by atoms with Gasteiger partial charge in [-0.1, -0.05) is 15.9 Å². The average molecular weight is 378 g/mol. The lowest BCUT2D eigenvalue weighted by molar-refractivity contribution is 0.111. The van der Waals surface area contributed by atoms with E-state index in [1.54, 1.807) is 0 Å². The zero-order chi connectivity index (χ0) is 13.1. The highest BCUT2D eigenvalue weighted by Crippen LogP contribution is 2.28. The highest BCUT2D eigenvalue weighted by atomic mass is 79.9. The number of nitrogen functional groups attached to an aromatic ring is 1. The molecule has 0 spiro atoms. The molecule has 0 radical (unpaired) electrons. The monoisotopic (exact) mass is 376 g/mol. The van der Waals surface area contributed by atoms with Crippen molar-refractivity contribution in [3.63, 3.8) is 0 Å². The van der Waals surface area contributed by atoms with Gasteiger partial charge in [-0.25, -0.2) is 0 Å². The fraction of sp³-hybridized carbons (Fsp3) is 0.538. The van der Waals surface area contributed by atoms with E-state index in [2.05, 4.69) is 37.2 Å². The number of halogens is 2. The first-order valence-corrected chi connectivity index (χ1v) is 7.79. The van der Waals surface area contributed by atoms with E-state index in [1.807, 2.05) is 12.1 Å². The van der Waals surface area contributed by atoms with E-state index in [0.717, 1.165) is 52.4 Å². The van der Waals surface area contributed by atoms with Crippen LogP contribution in [0.5, 0.6) is 0 Å². The smallest absolute Gasteiger partial charge is 0.0555 e. The molecule has 100 valence electrons. The molecule has 1 saturated carbocycles. The number of aliphatic hydroxyl groups is 1. The van der Waals surface area contributed by atoms with Crippen molar-refractivity contribution >= 4 is 37.5 Å². The van der Waals surface area contributed by atoms with Crippen LogP contribution in [0.3, 0.4) is 0 Å². The molecule has 1 fully saturated rings. The van der Waals surface area contributed by atoms with Gasteiger partial charge in [0.1, 0.15) is 0 Å². The lowest BCUT2D eigenvalue weighted by Crippen LogP contribution is -2.35. The summed E-state index contributed by atoms with van der Waals surface area (Å²) in [5.41, 5.74) is 7.90. The summed E-state index contributed by atoms with van der Waals surface area (Å²) in [5, 5.41) is 13.1. The molecule has 0 aliphatic heterocycles. The second kappa shape index (κ2) is 6.37. The minimum atomic E-state index is -0.150. The number of aliphatic hydroxyl groups excluding tert-OH is 1. The summed E-state index contributed by atoms with van der Waals surface area (Å²) in [5.74, 6) is 0. The van der Waals surface area contributed by atoms with Crippen LogP contribution in [0, 0.1) is 0 Å². The van der Waals surface area contributed by atoms with Crippen LogP contribution in [-0.4, -0.2) is 17.3 Å². The van der Waals surface area contributed by atoms with E-state index in [0.29, 0.717) is 6.04 Å². The van der Waals surface area contributed by atoms with Crippen molar-refractivity contribution in [2.45, 2.75) is 44.4 Å². The highest BCUT2D eigenvalue weighted by molar-refractivity contribution is 9.11. The molecule has 0 aromatic heterocycles. The molecule has 1 aliphatic carbocycles. The summed E-state index contributed by atoms with van der Waals surface area (Å²) in [4.78, 5) is 0. The lowest BCUT2D eigenvalue weighted by Gasteiger charge is -2.27. The molecule has 1 aliphatic rings. The van der Waals surface area contributed by atoms with Crippen molar-refractivity contribution in [3.8, 4) is 0 Å². The maximum atomic E-state index is 9.64. The summed E-state index contributed by atoms with van der Waals surface area (Å²) >= 11 is 6.92. The maximum Gasteiger partial charge on any atom is 0.0555 e. The van der Waals surface area contributed by atoms with E-state index in [-0.39, 0.29) is 6.10 Å². The maximum absolute atomic E-state index is 9.64. The van der Waals surface area contributed by atoms with Gasteiger partial charge in [-0.2, -0.15) is 0 Å². The van der Waals surface area contributed by atoms with Crippen LogP contribution in [0.25, 0.3) is 0 Å². The van der Waals surface area contributed by atoms with Crippen molar-refractivity contribution in [1.82, 2.24) is 5.32 Å². The topological polar surface area (TPSA) is 58.3 Å². The van der Waals surface area contributed by atoms with Crippen LogP contribution in [0.2, 0.25) is 0 Å². The normalized spacial score (nSPS) is 24.2. The number of hydrogen-bond donors (Lipinski definition) is 3. The first-order valence-electron chi connectivity index (χ1n) is 6.21. The molecule has 3 nitrogen and oxygen atoms in total. The third-order valence-corrected chi connectivity index (χ3v) is 4.52. The van der Waals surface area contributed by atoms with Crippen molar-refractivity contribution in [2.75, 3.05) is 5.73 Å². The molecule has 0 amide bonds. The van der Waals surface area contributed by atoms with E-state index >= 15 is 0 Å². The molecule has 18 heavy (non-hydrogen) atoms. The Kier molecular flexibility index (Phi) is 5.06. The van der Waals surface area contributed by atoms with Crippen molar-refractivity contribution in [2.24, 2.45) is 0 Å². The minimum Gasteiger partial charge on any atom is -0.398 e. The minimum absolute atomic E-state index is 0.150. The number of nitrogens with two attached hydrogens (primary N) is 1. The molecular formula is C13H18Br2N2O. The fourth-order valence-electron chi connectivity index (χ4n) is 2.39. The molecule has 5 heteroatoms. The van der Waals surface area contributed by atoms with Gasteiger partial charge in [0.2, 0.25) is 0 Å². The standard InChI is InChI=1S/C13H18Br2N2O/c14-9-4-8(13(16)12(15)5-9)7-17-10-2-1-3-11(18)6-10/h4-5,10-11,17-18H,1-3,6-7,16H2/t10-,11+/m1/s1. The van der Waals surface area contributed by atoms with Gasteiger partial charge in [0.25, 0.3) is 0 Å². The number of hydrogen-bond acceptors (Lipinski definition) is 3. The first kappa shape index (κ1) is 14.3. The summed E-state index contributed by atoms with van der Waals surface area (Å²) in [6.45, 7) is 0.737. The molecule has 1 aromatic rings. The zero-order valence-corrected chi connectivity index (χ0v) is 13.3. The molecule has 0 saturated heterocycles. The van der Waals surface area contributed by atoms with Crippen molar-refractivity contribution < 1.29 is 5.11 Å². The van der Waals surface area contributed by atoms with Crippen LogP contribution in [0.15, 0.2) is 21.1 Å². The van der Waals surface area contributed by atoms with Crippen LogP contribution in [0.1, 0.15) is 31.2 Å². The van der Waals surface area contributed by atoms with Crippen molar-refractivity contribution in [1.29, 1.82) is 0 Å². The molecule has 0 heterocycles. The van der Waals surface area contributed by atoms with Gasteiger partial charge < -0.3 is 16.2 Å². The van der Waals surface area contributed by atoms with Gasteiger partial charge in [0, 0.05) is 21.5 Å². The van der Waals surface area contributed by atoms with Gasteiger partial charge in [0.15, 0.2) is 0 Å². The summed E-state index contributed by atoms with van der Waals surface area (Å²) in [6.07, 6.45) is 3.85. The first-order chi connectivity index (χ1) is 8.56. The summed E-state index contributed by atoms with van der Waals surface area (Å²) in [6, 6.07) is 4.38.